The summed E-state index contributed by atoms with van der Waals surface area (Å²) in [5.74, 6) is 0.405. The van der Waals surface area contributed by atoms with E-state index in [1.807, 2.05) is 6.07 Å². The fourth-order valence-corrected chi connectivity index (χ4v) is 2.50. The Hall–Kier alpha value is -3.29. The fraction of sp³-hybridized carbons (Fsp3) is 0.353. The Labute approximate surface area is 155 Å². The number of nitriles is 1. The Bertz CT molecular complexity index is 829. The van der Waals surface area contributed by atoms with Crippen molar-refractivity contribution < 1.29 is 14.3 Å². The van der Waals surface area contributed by atoms with Crippen molar-refractivity contribution in [2.24, 2.45) is 0 Å². The molecule has 0 unspecified atom stereocenters. The van der Waals surface area contributed by atoms with Gasteiger partial charge in [0.1, 0.15) is 23.3 Å². The average Bonchev–Trinajstić information content (AvgIpc) is 2.73. The Morgan fingerprint density at radius 1 is 1.37 bits per heavy atom. The number of morpholine rings is 1. The first-order valence-electron chi connectivity index (χ1n) is 8.33. The quantitative estimate of drug-likeness (QED) is 0.624. The molecular formula is C17H19N7O3. The largest absolute Gasteiger partial charge is 0.465 e. The second-order valence-electron chi connectivity index (χ2n) is 5.71. The number of carbonyl (C=O) groups is 1. The van der Waals surface area contributed by atoms with E-state index in [0.29, 0.717) is 36.0 Å². The summed E-state index contributed by atoms with van der Waals surface area (Å²) in [6, 6.07) is 3.59. The highest BCUT2D eigenvalue weighted by atomic mass is 16.5. The zero-order valence-electron chi connectivity index (χ0n) is 14.7. The second kappa shape index (κ2) is 8.88. The third-order valence-electron chi connectivity index (χ3n) is 3.86. The summed E-state index contributed by atoms with van der Waals surface area (Å²) in [6.45, 7) is 2.74. The van der Waals surface area contributed by atoms with Crippen LogP contribution >= 0.6 is 0 Å². The van der Waals surface area contributed by atoms with Gasteiger partial charge in [0.15, 0.2) is 5.69 Å². The monoisotopic (exact) mass is 369 g/mol. The van der Waals surface area contributed by atoms with Crippen molar-refractivity contribution in [1.82, 2.24) is 20.3 Å². The first-order valence-corrected chi connectivity index (χ1v) is 8.33. The van der Waals surface area contributed by atoms with Crippen molar-refractivity contribution >= 4 is 23.3 Å². The molecule has 3 rings (SSSR count). The number of methoxy groups -OCH3 is 1. The minimum Gasteiger partial charge on any atom is -0.465 e. The lowest BCUT2D eigenvalue weighted by atomic mass is 10.2. The summed E-state index contributed by atoms with van der Waals surface area (Å²) >= 11 is 0. The molecule has 10 heteroatoms. The van der Waals surface area contributed by atoms with Crippen molar-refractivity contribution in [1.29, 1.82) is 5.26 Å². The normalized spacial score (nSPS) is 16.2. The molecule has 0 bridgehead atoms. The van der Waals surface area contributed by atoms with E-state index in [1.165, 1.54) is 25.7 Å². The predicted octanol–water partition coefficient (Wildman–Crippen LogP) is 0.674. The van der Waals surface area contributed by atoms with Gasteiger partial charge >= 0.3 is 5.97 Å². The molecule has 3 N–H and O–H groups in total. The SMILES string of the molecule is COC(=O)c1cnc(Nc2cnc(C#N)cn2)cc1NC[C@@H]1CNCCO1. The average molecular weight is 369 g/mol. The lowest BCUT2D eigenvalue weighted by Crippen LogP contribution is -2.42. The van der Waals surface area contributed by atoms with Gasteiger partial charge in [-0.15, -0.1) is 0 Å². The molecule has 0 saturated carbocycles. The molecule has 3 heterocycles. The van der Waals surface area contributed by atoms with Gasteiger partial charge in [-0.05, 0) is 0 Å². The second-order valence-corrected chi connectivity index (χ2v) is 5.71. The van der Waals surface area contributed by atoms with E-state index in [1.54, 1.807) is 6.07 Å². The third-order valence-corrected chi connectivity index (χ3v) is 3.86. The molecule has 1 aliphatic rings. The summed E-state index contributed by atoms with van der Waals surface area (Å²) in [6.07, 6.45) is 4.21. The van der Waals surface area contributed by atoms with Gasteiger partial charge < -0.3 is 25.4 Å². The van der Waals surface area contributed by atoms with Crippen LogP contribution in [0, 0.1) is 11.3 Å². The smallest absolute Gasteiger partial charge is 0.341 e. The van der Waals surface area contributed by atoms with Crippen molar-refractivity contribution in [2.75, 3.05) is 44.0 Å². The summed E-state index contributed by atoms with van der Waals surface area (Å²) in [4.78, 5) is 24.3. The van der Waals surface area contributed by atoms with Crippen LogP contribution in [0.5, 0.6) is 0 Å². The number of carbonyl (C=O) groups excluding carboxylic acids is 1. The Balaban J connectivity index is 1.76. The van der Waals surface area contributed by atoms with Crippen LogP contribution in [0.1, 0.15) is 16.1 Å². The molecule has 10 nitrogen and oxygen atoms in total. The van der Waals surface area contributed by atoms with E-state index in [4.69, 9.17) is 14.7 Å². The maximum absolute atomic E-state index is 12.0. The van der Waals surface area contributed by atoms with Crippen molar-refractivity contribution in [3.8, 4) is 6.07 Å². The fourth-order valence-electron chi connectivity index (χ4n) is 2.50. The van der Waals surface area contributed by atoms with Crippen molar-refractivity contribution in [3.63, 3.8) is 0 Å². The van der Waals surface area contributed by atoms with Crippen LogP contribution in [-0.2, 0) is 9.47 Å². The van der Waals surface area contributed by atoms with Crippen LogP contribution in [0.15, 0.2) is 24.7 Å². The van der Waals surface area contributed by atoms with E-state index in [0.717, 1.165) is 13.1 Å². The minimum atomic E-state index is -0.489. The van der Waals surface area contributed by atoms with Crippen LogP contribution < -0.4 is 16.0 Å². The zero-order chi connectivity index (χ0) is 19.1. The molecule has 0 aromatic carbocycles. The summed E-state index contributed by atoms with van der Waals surface area (Å²) in [5, 5.41) is 18.2. The van der Waals surface area contributed by atoms with E-state index >= 15 is 0 Å². The van der Waals surface area contributed by atoms with Gasteiger partial charge in [-0.25, -0.2) is 19.7 Å². The number of esters is 1. The molecule has 27 heavy (non-hydrogen) atoms. The highest BCUT2D eigenvalue weighted by Crippen LogP contribution is 2.21. The van der Waals surface area contributed by atoms with E-state index < -0.39 is 5.97 Å². The van der Waals surface area contributed by atoms with Gasteiger partial charge in [-0.2, -0.15) is 5.26 Å². The number of ether oxygens (including phenoxy) is 2. The number of aromatic nitrogens is 3. The van der Waals surface area contributed by atoms with Crippen LogP contribution in [0.3, 0.4) is 0 Å². The summed E-state index contributed by atoms with van der Waals surface area (Å²) in [7, 11) is 1.32. The third kappa shape index (κ3) is 4.87. The molecule has 0 radical (unpaired) electrons. The number of hydrogen-bond donors (Lipinski definition) is 3. The Morgan fingerprint density at radius 2 is 2.22 bits per heavy atom. The standard InChI is InChI=1S/C17H19N7O3/c1-26-17(25)13-9-23-15(24-16-10-20-11(5-18)6-22-16)4-14(13)21-8-12-7-19-2-3-27-12/h4,6,9-10,12,19H,2-3,7-8H2,1H3,(H2,21,22,23,24)/t12-/m0/s1. The molecule has 0 amide bonds. The molecule has 2 aromatic heterocycles. The van der Waals surface area contributed by atoms with Gasteiger partial charge in [0.05, 0.1) is 37.9 Å². The first-order chi connectivity index (χ1) is 13.2. The first kappa shape index (κ1) is 18.5. The van der Waals surface area contributed by atoms with Gasteiger partial charge in [0.25, 0.3) is 0 Å². The van der Waals surface area contributed by atoms with Gasteiger partial charge in [0.2, 0.25) is 0 Å². The van der Waals surface area contributed by atoms with Gasteiger partial charge in [0, 0.05) is 31.9 Å². The maximum atomic E-state index is 12.0. The van der Waals surface area contributed by atoms with Crippen LogP contribution in [0.4, 0.5) is 17.3 Å². The van der Waals surface area contributed by atoms with E-state index in [2.05, 4.69) is 30.9 Å². The highest BCUT2D eigenvalue weighted by Gasteiger charge is 2.17. The molecule has 1 fully saturated rings. The topological polar surface area (TPSA) is 134 Å². The molecule has 2 aromatic rings. The Kier molecular flexibility index (Phi) is 6.09. The molecule has 1 aliphatic heterocycles. The molecule has 0 aliphatic carbocycles. The zero-order valence-corrected chi connectivity index (χ0v) is 14.7. The van der Waals surface area contributed by atoms with Crippen LogP contribution in [0.2, 0.25) is 0 Å². The minimum absolute atomic E-state index is 0.00165. The van der Waals surface area contributed by atoms with Crippen molar-refractivity contribution in [3.05, 3.63) is 35.9 Å². The lowest BCUT2D eigenvalue weighted by Gasteiger charge is -2.24. The van der Waals surface area contributed by atoms with E-state index in [9.17, 15) is 4.79 Å². The number of nitrogens with zero attached hydrogens (tertiary/aromatic N) is 4. The lowest BCUT2D eigenvalue weighted by molar-refractivity contribution is 0.0371. The number of pyridine rings is 1. The molecule has 1 atom stereocenters. The summed E-state index contributed by atoms with van der Waals surface area (Å²) in [5.41, 5.74) is 1.10. The molecular weight excluding hydrogens is 350 g/mol. The van der Waals surface area contributed by atoms with E-state index in [-0.39, 0.29) is 11.8 Å². The molecule has 1 saturated heterocycles. The highest BCUT2D eigenvalue weighted by molar-refractivity contribution is 5.95. The van der Waals surface area contributed by atoms with Crippen LogP contribution in [-0.4, -0.2) is 60.4 Å². The molecule has 140 valence electrons. The predicted molar refractivity (Wildman–Crippen MR) is 96.7 cm³/mol. The number of rotatable bonds is 6. The van der Waals surface area contributed by atoms with Crippen molar-refractivity contribution in [2.45, 2.75) is 6.10 Å². The summed E-state index contributed by atoms with van der Waals surface area (Å²) < 4.78 is 10.5. The number of hydrogen-bond acceptors (Lipinski definition) is 10. The number of nitrogens with one attached hydrogen (secondary N) is 3. The molecule has 0 spiro atoms. The van der Waals surface area contributed by atoms with Crippen LogP contribution in [0.25, 0.3) is 0 Å². The van der Waals surface area contributed by atoms with Gasteiger partial charge in [-0.1, -0.05) is 0 Å². The van der Waals surface area contributed by atoms with Gasteiger partial charge in [-0.3, -0.25) is 0 Å². The number of anilines is 3. The maximum Gasteiger partial charge on any atom is 0.341 e. The Morgan fingerprint density at radius 3 is 2.89 bits per heavy atom.